The molecule has 0 radical (unpaired) electrons. The lowest BCUT2D eigenvalue weighted by molar-refractivity contribution is -0.141. The second-order valence-corrected chi connectivity index (χ2v) is 5.35. The fraction of sp³-hybridized carbons (Fsp3) is 0.556. The molecule has 6 heteroatoms. The molecule has 0 aliphatic rings. The number of carbonyl (C=O) groups is 2. The van der Waals surface area contributed by atoms with Gasteiger partial charge in [0.15, 0.2) is 0 Å². The normalized spacial score (nSPS) is 11.8. The molecule has 0 rings (SSSR count). The number of amides is 1. The standard InChI is InChI=1S/C9H15NO3S2/c1-3-4-5-8(11)10-7(9(12)13)6-15-14-2/h3,7H,1,4-6H2,2H3,(H,10,11)(H,12,13)/t7-/m0/s1. The van der Waals surface area contributed by atoms with Gasteiger partial charge in [0.2, 0.25) is 5.91 Å². The number of carbonyl (C=O) groups excluding carboxylic acids is 1. The van der Waals surface area contributed by atoms with Crippen LogP contribution in [0.3, 0.4) is 0 Å². The molecule has 0 saturated carbocycles. The molecule has 0 aliphatic heterocycles. The number of rotatable bonds is 8. The molecule has 0 aliphatic carbocycles. The van der Waals surface area contributed by atoms with Gasteiger partial charge in [0, 0.05) is 12.2 Å². The SMILES string of the molecule is C=CCCC(=O)N[C@@H](CSSC)C(=O)O. The first-order valence-corrected chi connectivity index (χ1v) is 7.13. The van der Waals surface area contributed by atoms with E-state index in [2.05, 4.69) is 11.9 Å². The topological polar surface area (TPSA) is 66.4 Å². The minimum atomic E-state index is -0.997. The van der Waals surface area contributed by atoms with Crippen molar-refractivity contribution in [1.82, 2.24) is 5.32 Å². The third-order valence-corrected chi connectivity index (χ3v) is 3.38. The molecular formula is C9H15NO3S2. The van der Waals surface area contributed by atoms with E-state index in [-0.39, 0.29) is 12.3 Å². The van der Waals surface area contributed by atoms with E-state index >= 15 is 0 Å². The summed E-state index contributed by atoms with van der Waals surface area (Å²) in [5.41, 5.74) is 0. The zero-order valence-electron chi connectivity index (χ0n) is 8.56. The van der Waals surface area contributed by atoms with Crippen LogP contribution >= 0.6 is 21.6 Å². The Morgan fingerprint density at radius 2 is 2.27 bits per heavy atom. The third-order valence-electron chi connectivity index (χ3n) is 1.56. The highest BCUT2D eigenvalue weighted by Gasteiger charge is 2.19. The average molecular weight is 249 g/mol. The maximum atomic E-state index is 11.2. The number of aliphatic carboxylic acids is 1. The number of allylic oxidation sites excluding steroid dienone is 1. The van der Waals surface area contributed by atoms with Crippen molar-refractivity contribution < 1.29 is 14.7 Å². The summed E-state index contributed by atoms with van der Waals surface area (Å²) in [6, 6.07) is -0.806. The van der Waals surface area contributed by atoms with Crippen LogP contribution in [0.15, 0.2) is 12.7 Å². The summed E-state index contributed by atoms with van der Waals surface area (Å²) < 4.78 is 0. The Morgan fingerprint density at radius 3 is 2.73 bits per heavy atom. The molecule has 2 N–H and O–H groups in total. The van der Waals surface area contributed by atoms with Crippen molar-refractivity contribution in [2.24, 2.45) is 0 Å². The zero-order valence-corrected chi connectivity index (χ0v) is 10.2. The van der Waals surface area contributed by atoms with Crippen molar-refractivity contribution in [1.29, 1.82) is 0 Å². The molecule has 4 nitrogen and oxygen atoms in total. The molecule has 86 valence electrons. The highest BCUT2D eigenvalue weighted by atomic mass is 33.1. The van der Waals surface area contributed by atoms with Gasteiger partial charge in [0.25, 0.3) is 0 Å². The molecule has 1 atom stereocenters. The molecule has 0 aromatic heterocycles. The molecule has 0 aromatic carbocycles. The summed E-state index contributed by atoms with van der Waals surface area (Å²) in [5, 5.41) is 11.3. The molecule has 0 heterocycles. The first kappa shape index (κ1) is 14.4. The highest BCUT2D eigenvalue weighted by Crippen LogP contribution is 2.17. The Kier molecular flexibility index (Phi) is 8.31. The molecule has 0 spiro atoms. The van der Waals surface area contributed by atoms with Gasteiger partial charge in [0.05, 0.1) is 0 Å². The van der Waals surface area contributed by atoms with Crippen molar-refractivity contribution in [3.63, 3.8) is 0 Å². The van der Waals surface area contributed by atoms with Crippen LogP contribution in [0, 0.1) is 0 Å². The van der Waals surface area contributed by atoms with Gasteiger partial charge in [-0.15, -0.1) is 6.58 Å². The van der Waals surface area contributed by atoms with Gasteiger partial charge in [-0.2, -0.15) is 0 Å². The predicted octanol–water partition coefficient (Wildman–Crippen LogP) is 1.53. The fourth-order valence-electron chi connectivity index (χ4n) is 0.810. The Bertz CT molecular complexity index is 233. The average Bonchev–Trinajstić information content (AvgIpc) is 2.20. The molecule has 1 amide bonds. The van der Waals surface area contributed by atoms with Crippen LogP contribution in [0.1, 0.15) is 12.8 Å². The Hall–Kier alpha value is -0.620. The van der Waals surface area contributed by atoms with Gasteiger partial charge >= 0.3 is 5.97 Å². The summed E-state index contributed by atoms with van der Waals surface area (Å²) in [4.78, 5) is 22.0. The summed E-state index contributed by atoms with van der Waals surface area (Å²) in [6.07, 6.45) is 4.35. The van der Waals surface area contributed by atoms with Gasteiger partial charge in [-0.3, -0.25) is 4.79 Å². The van der Waals surface area contributed by atoms with E-state index in [1.807, 2.05) is 6.26 Å². The maximum absolute atomic E-state index is 11.2. The van der Waals surface area contributed by atoms with Gasteiger partial charge in [0.1, 0.15) is 6.04 Å². The number of carboxylic acids is 1. The van der Waals surface area contributed by atoms with Crippen molar-refractivity contribution in [3.8, 4) is 0 Å². The van der Waals surface area contributed by atoms with E-state index in [1.165, 1.54) is 21.6 Å². The molecule has 15 heavy (non-hydrogen) atoms. The van der Waals surface area contributed by atoms with E-state index in [0.29, 0.717) is 12.2 Å². The van der Waals surface area contributed by atoms with Crippen LogP contribution < -0.4 is 5.32 Å². The van der Waals surface area contributed by atoms with E-state index < -0.39 is 12.0 Å². The zero-order chi connectivity index (χ0) is 11.7. The molecule has 0 fully saturated rings. The van der Waals surface area contributed by atoms with Crippen molar-refractivity contribution in [2.75, 3.05) is 12.0 Å². The Balaban J connectivity index is 3.98. The molecule has 0 unspecified atom stereocenters. The van der Waals surface area contributed by atoms with Crippen LogP contribution in [0.25, 0.3) is 0 Å². The minimum Gasteiger partial charge on any atom is -0.480 e. The van der Waals surface area contributed by atoms with Gasteiger partial charge in [-0.05, 0) is 12.7 Å². The van der Waals surface area contributed by atoms with Crippen molar-refractivity contribution >= 4 is 33.5 Å². The van der Waals surface area contributed by atoms with E-state index in [9.17, 15) is 9.59 Å². The molecule has 0 aromatic rings. The van der Waals surface area contributed by atoms with E-state index in [0.717, 1.165) is 0 Å². The summed E-state index contributed by atoms with van der Waals surface area (Å²) in [5.74, 6) is -0.872. The fourth-order valence-corrected chi connectivity index (χ4v) is 2.13. The van der Waals surface area contributed by atoms with Crippen LogP contribution in [0.5, 0.6) is 0 Å². The lowest BCUT2D eigenvalue weighted by atomic mass is 10.2. The van der Waals surface area contributed by atoms with Gasteiger partial charge < -0.3 is 10.4 Å². The van der Waals surface area contributed by atoms with Crippen LogP contribution in [0.4, 0.5) is 0 Å². The summed E-state index contributed by atoms with van der Waals surface area (Å²) >= 11 is 0. The van der Waals surface area contributed by atoms with Crippen molar-refractivity contribution in [2.45, 2.75) is 18.9 Å². The van der Waals surface area contributed by atoms with Crippen LogP contribution in [-0.4, -0.2) is 35.0 Å². The predicted molar refractivity (Wildman–Crippen MR) is 65.0 cm³/mol. The van der Waals surface area contributed by atoms with Gasteiger partial charge in [-0.1, -0.05) is 27.7 Å². The smallest absolute Gasteiger partial charge is 0.327 e. The monoisotopic (exact) mass is 249 g/mol. The third kappa shape index (κ3) is 7.33. The molecular weight excluding hydrogens is 234 g/mol. The Morgan fingerprint density at radius 1 is 1.60 bits per heavy atom. The summed E-state index contributed by atoms with van der Waals surface area (Å²) in [7, 11) is 2.89. The lowest BCUT2D eigenvalue weighted by Crippen LogP contribution is -2.42. The maximum Gasteiger partial charge on any atom is 0.327 e. The van der Waals surface area contributed by atoms with Crippen LogP contribution in [0.2, 0.25) is 0 Å². The quantitative estimate of drug-likeness (QED) is 0.504. The lowest BCUT2D eigenvalue weighted by Gasteiger charge is -2.12. The number of nitrogens with one attached hydrogen (secondary N) is 1. The molecule has 0 bridgehead atoms. The minimum absolute atomic E-state index is 0.246. The number of carboxylic acid groups (broad SMARTS) is 1. The van der Waals surface area contributed by atoms with Crippen LogP contribution in [-0.2, 0) is 9.59 Å². The second kappa shape index (κ2) is 8.67. The van der Waals surface area contributed by atoms with Crippen molar-refractivity contribution in [3.05, 3.63) is 12.7 Å². The van der Waals surface area contributed by atoms with E-state index in [4.69, 9.17) is 5.11 Å². The number of hydrogen-bond donors (Lipinski definition) is 2. The highest BCUT2D eigenvalue weighted by molar-refractivity contribution is 8.76. The number of hydrogen-bond acceptors (Lipinski definition) is 4. The molecule has 0 saturated heterocycles. The second-order valence-electron chi connectivity index (χ2n) is 2.74. The van der Waals surface area contributed by atoms with Gasteiger partial charge in [-0.25, -0.2) is 4.79 Å². The Labute approximate surface area is 97.3 Å². The first-order valence-electron chi connectivity index (χ1n) is 4.40. The van der Waals surface area contributed by atoms with E-state index in [1.54, 1.807) is 6.08 Å². The first-order chi connectivity index (χ1) is 7.11. The largest absolute Gasteiger partial charge is 0.480 e. The summed E-state index contributed by atoms with van der Waals surface area (Å²) in [6.45, 7) is 3.49.